The number of hydrogen-bond acceptors (Lipinski definition) is 4. The Morgan fingerprint density at radius 2 is 2.20 bits per heavy atom. The summed E-state index contributed by atoms with van der Waals surface area (Å²) in [6, 6.07) is 3.08. The molecular weight excluding hydrogens is 318 g/mol. The fraction of sp³-hybridized carbons (Fsp3) is 0.615. The van der Waals surface area contributed by atoms with Crippen molar-refractivity contribution in [1.82, 2.24) is 5.32 Å². The lowest BCUT2D eigenvalue weighted by molar-refractivity contribution is -0.120. The minimum atomic E-state index is -3.69. The van der Waals surface area contributed by atoms with Gasteiger partial charge in [0.25, 0.3) is 9.05 Å². The van der Waals surface area contributed by atoms with Crippen molar-refractivity contribution in [2.75, 3.05) is 6.54 Å². The highest BCUT2D eigenvalue weighted by Crippen LogP contribution is 2.30. The summed E-state index contributed by atoms with van der Waals surface area (Å²) >= 11 is 1.05. The molecular formula is C13H18ClNO3S2. The van der Waals surface area contributed by atoms with Crippen LogP contribution in [0.5, 0.6) is 0 Å². The highest BCUT2D eigenvalue weighted by molar-refractivity contribution is 8.15. The van der Waals surface area contributed by atoms with E-state index in [0.717, 1.165) is 11.3 Å². The van der Waals surface area contributed by atoms with Gasteiger partial charge in [0.1, 0.15) is 4.21 Å². The number of thiophene rings is 1. The molecule has 1 aliphatic carbocycles. The van der Waals surface area contributed by atoms with Crippen molar-refractivity contribution in [1.29, 1.82) is 0 Å². The summed E-state index contributed by atoms with van der Waals surface area (Å²) in [6.45, 7) is 2.94. The molecule has 2 rings (SSSR count). The zero-order valence-electron chi connectivity index (χ0n) is 11.3. The predicted molar refractivity (Wildman–Crippen MR) is 80.6 cm³/mol. The van der Waals surface area contributed by atoms with Gasteiger partial charge >= 0.3 is 0 Å². The molecule has 1 aromatic heterocycles. The van der Waals surface area contributed by atoms with Crippen molar-refractivity contribution < 1.29 is 13.2 Å². The molecule has 7 heteroatoms. The summed E-state index contributed by atoms with van der Waals surface area (Å²) in [5.74, 6) is 1.18. The summed E-state index contributed by atoms with van der Waals surface area (Å²) in [6.07, 6.45) is 3.86. The Balaban J connectivity index is 1.84. The van der Waals surface area contributed by atoms with E-state index in [-0.39, 0.29) is 16.5 Å². The van der Waals surface area contributed by atoms with Gasteiger partial charge in [0.2, 0.25) is 5.91 Å². The Kier molecular flexibility index (Phi) is 5.09. The van der Waals surface area contributed by atoms with Crippen molar-refractivity contribution >= 4 is 37.0 Å². The number of rotatable bonds is 5. The maximum Gasteiger partial charge on any atom is 0.270 e. The van der Waals surface area contributed by atoms with Crippen LogP contribution in [0.3, 0.4) is 0 Å². The molecule has 0 aliphatic heterocycles. The third-order valence-electron chi connectivity index (χ3n) is 3.81. The van der Waals surface area contributed by atoms with Crippen LogP contribution in [0.4, 0.5) is 0 Å². The fourth-order valence-corrected chi connectivity index (χ4v) is 4.70. The average molecular weight is 336 g/mol. The van der Waals surface area contributed by atoms with Gasteiger partial charge in [0, 0.05) is 22.1 Å². The summed E-state index contributed by atoms with van der Waals surface area (Å²) < 4.78 is 22.4. The van der Waals surface area contributed by atoms with E-state index in [9.17, 15) is 13.2 Å². The predicted octanol–water partition coefficient (Wildman–Crippen LogP) is 2.77. The van der Waals surface area contributed by atoms with Crippen LogP contribution in [0.15, 0.2) is 16.3 Å². The zero-order valence-corrected chi connectivity index (χ0v) is 13.7. The smallest absolute Gasteiger partial charge is 0.270 e. The number of amides is 1. The molecule has 20 heavy (non-hydrogen) atoms. The molecule has 1 heterocycles. The first-order valence-corrected chi connectivity index (χ1v) is 9.79. The number of hydrogen-bond donors (Lipinski definition) is 1. The van der Waals surface area contributed by atoms with E-state index < -0.39 is 9.05 Å². The third kappa shape index (κ3) is 4.20. The summed E-state index contributed by atoms with van der Waals surface area (Å²) in [7, 11) is 1.56. The lowest BCUT2D eigenvalue weighted by Crippen LogP contribution is -2.31. The Morgan fingerprint density at radius 3 is 2.75 bits per heavy atom. The van der Waals surface area contributed by atoms with E-state index >= 15 is 0 Å². The molecule has 1 saturated carbocycles. The Bertz CT molecular complexity index is 582. The molecule has 1 aromatic rings. The van der Waals surface area contributed by atoms with Crippen molar-refractivity contribution in [3.63, 3.8) is 0 Å². The molecule has 112 valence electrons. The topological polar surface area (TPSA) is 63.2 Å². The molecule has 0 bridgehead atoms. The van der Waals surface area contributed by atoms with Gasteiger partial charge in [-0.25, -0.2) is 8.42 Å². The van der Waals surface area contributed by atoms with Gasteiger partial charge in [-0.15, -0.1) is 11.3 Å². The lowest BCUT2D eigenvalue weighted by Gasteiger charge is -2.15. The molecule has 1 amide bonds. The third-order valence-corrected chi connectivity index (χ3v) is 6.99. The number of carbonyl (C=O) groups is 1. The Labute approximate surface area is 127 Å². The van der Waals surface area contributed by atoms with Gasteiger partial charge in [-0.05, 0) is 30.4 Å². The van der Waals surface area contributed by atoms with Gasteiger partial charge in [-0.3, -0.25) is 4.79 Å². The molecule has 0 spiro atoms. The normalized spacial score (nSPS) is 22.9. The largest absolute Gasteiger partial charge is 0.356 e. The second-order valence-electron chi connectivity index (χ2n) is 5.31. The van der Waals surface area contributed by atoms with Gasteiger partial charge in [-0.2, -0.15) is 0 Å². The van der Waals surface area contributed by atoms with Crippen LogP contribution < -0.4 is 5.32 Å². The van der Waals surface area contributed by atoms with E-state index in [1.165, 1.54) is 25.3 Å². The minimum absolute atomic E-state index is 0.0653. The second kappa shape index (κ2) is 6.45. The highest BCUT2D eigenvalue weighted by atomic mass is 35.7. The van der Waals surface area contributed by atoms with E-state index in [0.29, 0.717) is 23.3 Å². The maximum atomic E-state index is 11.8. The van der Waals surface area contributed by atoms with Crippen LogP contribution in [0, 0.1) is 11.8 Å². The molecule has 0 aromatic carbocycles. The molecule has 0 radical (unpaired) electrons. The standard InChI is InChI=1S/C13H18ClNO3S2/c1-9-3-2-4-10(9)8-15-12(16)7-11-5-6-13(19-11)20(14,17)18/h5-6,9-10H,2-4,7-8H2,1H3,(H,15,16). The molecule has 2 unspecified atom stereocenters. The lowest BCUT2D eigenvalue weighted by atomic mass is 9.98. The minimum Gasteiger partial charge on any atom is -0.356 e. The van der Waals surface area contributed by atoms with Crippen LogP contribution in [-0.4, -0.2) is 20.9 Å². The zero-order chi connectivity index (χ0) is 14.8. The highest BCUT2D eigenvalue weighted by Gasteiger charge is 2.23. The van der Waals surface area contributed by atoms with E-state index in [1.54, 1.807) is 6.07 Å². The Morgan fingerprint density at radius 1 is 1.45 bits per heavy atom. The molecule has 1 fully saturated rings. The summed E-state index contributed by atoms with van der Waals surface area (Å²) in [4.78, 5) is 12.6. The van der Waals surface area contributed by atoms with Crippen molar-refractivity contribution in [2.24, 2.45) is 11.8 Å². The van der Waals surface area contributed by atoms with Crippen LogP contribution in [0.1, 0.15) is 31.1 Å². The van der Waals surface area contributed by atoms with Crippen LogP contribution in [-0.2, 0) is 20.3 Å². The van der Waals surface area contributed by atoms with Gasteiger partial charge < -0.3 is 5.32 Å². The summed E-state index contributed by atoms with van der Waals surface area (Å²) in [5, 5.41) is 2.94. The number of nitrogens with one attached hydrogen (secondary N) is 1. The first-order chi connectivity index (χ1) is 9.36. The van der Waals surface area contributed by atoms with Gasteiger partial charge in [0.05, 0.1) is 6.42 Å². The number of carbonyl (C=O) groups excluding carboxylic acids is 1. The second-order valence-corrected chi connectivity index (χ2v) is 9.27. The van der Waals surface area contributed by atoms with Crippen LogP contribution >= 0.6 is 22.0 Å². The van der Waals surface area contributed by atoms with Crippen molar-refractivity contribution in [3.05, 3.63) is 17.0 Å². The summed E-state index contributed by atoms with van der Waals surface area (Å²) in [5.41, 5.74) is 0. The molecule has 1 N–H and O–H groups in total. The quantitative estimate of drug-likeness (QED) is 0.841. The van der Waals surface area contributed by atoms with Crippen LogP contribution in [0.25, 0.3) is 0 Å². The molecule has 0 saturated heterocycles. The van der Waals surface area contributed by atoms with E-state index in [1.807, 2.05) is 0 Å². The molecule has 2 atom stereocenters. The van der Waals surface area contributed by atoms with E-state index in [4.69, 9.17) is 10.7 Å². The maximum absolute atomic E-state index is 11.8. The molecule has 4 nitrogen and oxygen atoms in total. The van der Waals surface area contributed by atoms with Gasteiger partial charge in [-0.1, -0.05) is 19.8 Å². The monoisotopic (exact) mass is 335 g/mol. The van der Waals surface area contributed by atoms with E-state index in [2.05, 4.69) is 12.2 Å². The van der Waals surface area contributed by atoms with Crippen molar-refractivity contribution in [2.45, 2.75) is 36.8 Å². The first kappa shape index (κ1) is 15.8. The van der Waals surface area contributed by atoms with Crippen molar-refractivity contribution in [3.8, 4) is 0 Å². The van der Waals surface area contributed by atoms with Gasteiger partial charge in [0.15, 0.2) is 0 Å². The van der Waals surface area contributed by atoms with Crippen LogP contribution in [0.2, 0.25) is 0 Å². The Hall–Kier alpha value is -0.590. The average Bonchev–Trinajstić information content (AvgIpc) is 2.95. The molecule has 1 aliphatic rings. The first-order valence-electron chi connectivity index (χ1n) is 6.66. The fourth-order valence-electron chi connectivity index (χ4n) is 2.58. The number of halogens is 1. The SMILES string of the molecule is CC1CCCC1CNC(=O)Cc1ccc(S(=O)(=O)Cl)s1.